The summed E-state index contributed by atoms with van der Waals surface area (Å²) in [6.45, 7) is 0. The normalized spacial score (nSPS) is 9.20. The van der Waals surface area contributed by atoms with Crippen LogP contribution >= 0.6 is 11.8 Å². The number of hydrogen-bond donors (Lipinski definition) is 1. The molecular weight excluding hydrogens is 152 g/mol. The van der Waals surface area contributed by atoms with E-state index in [0.29, 0.717) is 16.8 Å². The van der Waals surface area contributed by atoms with Gasteiger partial charge in [-0.2, -0.15) is 5.10 Å². The van der Waals surface area contributed by atoms with Gasteiger partial charge in [-0.25, -0.2) is 4.79 Å². The van der Waals surface area contributed by atoms with Crippen LogP contribution in [0.25, 0.3) is 0 Å². The van der Waals surface area contributed by atoms with Crippen molar-refractivity contribution in [2.24, 2.45) is 0 Å². The maximum Gasteiger partial charge on any atom is 0.371 e. The lowest BCUT2D eigenvalue weighted by molar-refractivity contribution is 0.222. The highest BCUT2D eigenvalue weighted by Gasteiger charge is 2.00. The molecule has 0 saturated carbocycles. The number of rotatable bonds is 1. The summed E-state index contributed by atoms with van der Waals surface area (Å²) in [4.78, 5) is 10.1. The van der Waals surface area contributed by atoms with Gasteiger partial charge < -0.3 is 5.11 Å². The molecule has 0 aliphatic carbocycles. The van der Waals surface area contributed by atoms with E-state index in [-0.39, 0.29) is 0 Å². The molecule has 1 aromatic heterocycles. The van der Waals surface area contributed by atoms with Gasteiger partial charge in [-0.1, -0.05) is 0 Å². The van der Waals surface area contributed by atoms with Gasteiger partial charge in [0.05, 0.1) is 0 Å². The van der Waals surface area contributed by atoms with Crippen LogP contribution in [0.3, 0.4) is 0 Å². The van der Waals surface area contributed by atoms with E-state index >= 15 is 0 Å². The van der Waals surface area contributed by atoms with E-state index in [0.717, 1.165) is 0 Å². The van der Waals surface area contributed by atoms with Crippen molar-refractivity contribution >= 4 is 17.1 Å². The summed E-state index contributed by atoms with van der Waals surface area (Å²) in [6, 6.07) is 3.23. The Morgan fingerprint density at radius 1 is 1.70 bits per heavy atom. The number of aromatic nitrogens is 2. The molecule has 4 nitrogen and oxygen atoms in total. The minimum atomic E-state index is -0.972. The Kier molecular flexibility index (Phi) is 2.22. The molecule has 0 aromatic carbocycles. The lowest BCUT2D eigenvalue weighted by Crippen LogP contribution is -1.87. The van der Waals surface area contributed by atoms with Gasteiger partial charge in [0.25, 0.3) is 0 Å². The van der Waals surface area contributed by atoms with Crippen molar-refractivity contribution in [3.8, 4) is 0 Å². The fourth-order valence-corrected chi connectivity index (χ4v) is 0.845. The van der Waals surface area contributed by atoms with Crippen LogP contribution in [-0.4, -0.2) is 20.6 Å². The van der Waals surface area contributed by atoms with Crippen molar-refractivity contribution in [3.05, 3.63) is 18.3 Å². The monoisotopic (exact) mass is 156 g/mol. The van der Waals surface area contributed by atoms with Crippen LogP contribution in [-0.2, 0) is 0 Å². The fraction of sp³-hybridized carbons (Fsp3) is 0. The lowest BCUT2D eigenvalue weighted by atomic mass is 10.6. The van der Waals surface area contributed by atoms with Gasteiger partial charge in [-0.15, -0.1) is 5.10 Å². The molecule has 1 heterocycles. The second kappa shape index (κ2) is 3.17. The third-order valence-electron chi connectivity index (χ3n) is 0.740. The molecule has 0 unspecified atom stereocenters. The molecule has 1 N–H and O–H groups in total. The van der Waals surface area contributed by atoms with Gasteiger partial charge in [0.15, 0.2) is 0 Å². The van der Waals surface area contributed by atoms with E-state index in [1.165, 1.54) is 6.20 Å². The molecule has 0 radical (unpaired) electrons. The predicted octanol–water partition coefficient (Wildman–Crippen LogP) is 1.25. The van der Waals surface area contributed by atoms with Crippen LogP contribution in [0.15, 0.2) is 23.4 Å². The zero-order valence-electron chi connectivity index (χ0n) is 4.89. The zero-order chi connectivity index (χ0) is 7.40. The molecule has 0 atom stereocenters. The maximum atomic E-state index is 10.1. The number of thioether (sulfide) groups is 1. The number of carboxylic acid groups (broad SMARTS) is 1. The highest BCUT2D eigenvalue weighted by atomic mass is 32.2. The Hall–Kier alpha value is -1.10. The number of nitrogens with zero attached hydrogens (tertiary/aromatic N) is 2. The van der Waals surface area contributed by atoms with Crippen LogP contribution in [0.1, 0.15) is 0 Å². The van der Waals surface area contributed by atoms with E-state index in [2.05, 4.69) is 10.2 Å². The summed E-state index contributed by atoms with van der Waals surface area (Å²) in [5.41, 5.74) is 0. The highest BCUT2D eigenvalue weighted by Crippen LogP contribution is 2.12. The van der Waals surface area contributed by atoms with Crippen molar-refractivity contribution in [1.82, 2.24) is 10.2 Å². The van der Waals surface area contributed by atoms with Crippen LogP contribution in [0.4, 0.5) is 4.79 Å². The molecule has 0 bridgehead atoms. The van der Waals surface area contributed by atoms with Crippen LogP contribution in [0.2, 0.25) is 0 Å². The largest absolute Gasteiger partial charge is 0.473 e. The topological polar surface area (TPSA) is 63.1 Å². The molecule has 5 heteroatoms. The van der Waals surface area contributed by atoms with Gasteiger partial charge in [0.2, 0.25) is 0 Å². The van der Waals surface area contributed by atoms with Crippen LogP contribution < -0.4 is 0 Å². The zero-order valence-corrected chi connectivity index (χ0v) is 5.71. The molecular formula is C5H4N2O2S. The van der Waals surface area contributed by atoms with Crippen molar-refractivity contribution in [3.63, 3.8) is 0 Å². The van der Waals surface area contributed by atoms with Crippen molar-refractivity contribution in [1.29, 1.82) is 0 Å². The Labute approximate surface area is 61.3 Å². The van der Waals surface area contributed by atoms with Crippen molar-refractivity contribution in [2.75, 3.05) is 0 Å². The first-order valence-electron chi connectivity index (χ1n) is 2.47. The standard InChI is InChI=1S/C5H4N2O2S/c8-5(9)10-4-2-1-3-6-7-4/h1-3H,(H,8,9). The first-order valence-corrected chi connectivity index (χ1v) is 3.29. The molecule has 0 saturated heterocycles. The van der Waals surface area contributed by atoms with Gasteiger partial charge in [-0.05, 0) is 12.1 Å². The molecule has 1 rings (SSSR count). The molecule has 0 aliphatic heterocycles. The Morgan fingerprint density at radius 3 is 3.00 bits per heavy atom. The molecule has 0 aliphatic rings. The van der Waals surface area contributed by atoms with E-state index in [1.54, 1.807) is 12.1 Å². The van der Waals surface area contributed by atoms with Gasteiger partial charge in [-0.3, -0.25) is 0 Å². The Bertz CT molecular complexity index is 226. The fourth-order valence-electron chi connectivity index (χ4n) is 0.431. The van der Waals surface area contributed by atoms with Gasteiger partial charge >= 0.3 is 5.30 Å². The van der Waals surface area contributed by atoms with Crippen molar-refractivity contribution < 1.29 is 9.90 Å². The molecule has 10 heavy (non-hydrogen) atoms. The summed E-state index contributed by atoms with van der Waals surface area (Å²) in [5, 5.41) is 14.7. The summed E-state index contributed by atoms with van der Waals surface area (Å²) in [6.07, 6.45) is 1.49. The lowest BCUT2D eigenvalue weighted by Gasteiger charge is -1.89. The van der Waals surface area contributed by atoms with Crippen molar-refractivity contribution in [2.45, 2.75) is 5.03 Å². The highest BCUT2D eigenvalue weighted by molar-refractivity contribution is 8.13. The predicted molar refractivity (Wildman–Crippen MR) is 35.9 cm³/mol. The van der Waals surface area contributed by atoms with Crippen LogP contribution in [0, 0.1) is 0 Å². The smallest absolute Gasteiger partial charge is 0.371 e. The first kappa shape index (κ1) is 7.01. The third-order valence-corrected chi connectivity index (χ3v) is 1.34. The Morgan fingerprint density at radius 2 is 2.50 bits per heavy atom. The van der Waals surface area contributed by atoms with Gasteiger partial charge in [0, 0.05) is 18.0 Å². The van der Waals surface area contributed by atoms with E-state index in [9.17, 15) is 4.79 Å². The second-order valence-corrected chi connectivity index (χ2v) is 2.40. The van der Waals surface area contributed by atoms with E-state index in [4.69, 9.17) is 5.11 Å². The molecule has 1 aromatic rings. The average Bonchev–Trinajstić information content (AvgIpc) is 1.88. The van der Waals surface area contributed by atoms with E-state index in [1.807, 2.05) is 0 Å². The molecule has 0 fully saturated rings. The summed E-state index contributed by atoms with van der Waals surface area (Å²) in [5.74, 6) is 0. The third kappa shape index (κ3) is 2.02. The second-order valence-electron chi connectivity index (χ2n) is 1.43. The molecule has 0 amide bonds. The first-order chi connectivity index (χ1) is 4.79. The maximum absolute atomic E-state index is 10.1. The van der Waals surface area contributed by atoms with Gasteiger partial charge in [0.1, 0.15) is 5.03 Å². The molecule has 0 spiro atoms. The SMILES string of the molecule is O=C(O)Sc1cccnn1. The van der Waals surface area contributed by atoms with E-state index < -0.39 is 5.30 Å². The minimum absolute atomic E-state index is 0.398. The Balaban J connectivity index is 2.67. The summed E-state index contributed by atoms with van der Waals surface area (Å²) >= 11 is 0.641. The minimum Gasteiger partial charge on any atom is -0.473 e. The summed E-state index contributed by atoms with van der Waals surface area (Å²) in [7, 11) is 0. The number of carbonyl (C=O) groups is 1. The van der Waals surface area contributed by atoms with Crippen LogP contribution in [0.5, 0.6) is 0 Å². The quantitative estimate of drug-likeness (QED) is 0.620. The average molecular weight is 156 g/mol. The summed E-state index contributed by atoms with van der Waals surface area (Å²) < 4.78 is 0. The molecule has 52 valence electrons. The number of hydrogen-bond acceptors (Lipinski definition) is 4.